The fraction of sp³-hybridized carbons (Fsp3) is 0. The van der Waals surface area contributed by atoms with Gasteiger partial charge >= 0.3 is 0 Å². The van der Waals surface area contributed by atoms with E-state index < -0.39 is 17.5 Å². The van der Waals surface area contributed by atoms with Crippen molar-refractivity contribution in [3.8, 4) is 16.9 Å². The molecule has 0 saturated heterocycles. The molecule has 0 aliphatic heterocycles. The Morgan fingerprint density at radius 1 is 0.952 bits per heavy atom. The SMILES string of the molecule is Fc1cc(-n2c(-c3ccccc3)c[nH]c2=S)cc(F)c1F. The summed E-state index contributed by atoms with van der Waals surface area (Å²) in [5, 5.41) is 0. The first-order chi connectivity index (χ1) is 10.1. The van der Waals surface area contributed by atoms with Gasteiger partial charge in [0.05, 0.1) is 11.4 Å². The van der Waals surface area contributed by atoms with Crippen LogP contribution >= 0.6 is 12.2 Å². The number of rotatable bonds is 2. The van der Waals surface area contributed by atoms with Gasteiger partial charge in [0.25, 0.3) is 0 Å². The molecule has 1 heterocycles. The molecule has 0 unspecified atom stereocenters. The van der Waals surface area contributed by atoms with Gasteiger partial charge in [-0.15, -0.1) is 0 Å². The van der Waals surface area contributed by atoms with Crippen LogP contribution in [0.15, 0.2) is 48.7 Å². The second-order valence-electron chi connectivity index (χ2n) is 4.40. The minimum absolute atomic E-state index is 0.122. The second kappa shape index (κ2) is 5.21. The molecule has 6 heteroatoms. The molecule has 1 aromatic heterocycles. The van der Waals surface area contributed by atoms with E-state index >= 15 is 0 Å². The van der Waals surface area contributed by atoms with Crippen LogP contribution < -0.4 is 0 Å². The Kier molecular flexibility index (Phi) is 3.39. The molecule has 3 aromatic rings. The van der Waals surface area contributed by atoms with Crippen molar-refractivity contribution in [1.29, 1.82) is 0 Å². The summed E-state index contributed by atoms with van der Waals surface area (Å²) < 4.78 is 41.7. The van der Waals surface area contributed by atoms with E-state index in [1.54, 1.807) is 6.20 Å². The summed E-state index contributed by atoms with van der Waals surface area (Å²) >= 11 is 5.14. The van der Waals surface area contributed by atoms with E-state index in [2.05, 4.69) is 4.98 Å². The molecule has 0 aliphatic carbocycles. The highest BCUT2D eigenvalue weighted by atomic mass is 32.1. The summed E-state index contributed by atoms with van der Waals surface area (Å²) in [6, 6.07) is 11.0. The molecule has 2 nitrogen and oxygen atoms in total. The van der Waals surface area contributed by atoms with E-state index in [4.69, 9.17) is 12.2 Å². The molecular formula is C15H9F3N2S. The van der Waals surface area contributed by atoms with Crippen LogP contribution in [0.4, 0.5) is 13.2 Å². The molecule has 0 spiro atoms. The van der Waals surface area contributed by atoms with Gasteiger partial charge in [0, 0.05) is 23.9 Å². The average Bonchev–Trinajstić information content (AvgIpc) is 2.87. The predicted octanol–water partition coefficient (Wildman–Crippen LogP) is 4.62. The molecular weight excluding hydrogens is 297 g/mol. The fourth-order valence-corrected chi connectivity index (χ4v) is 2.38. The Morgan fingerprint density at radius 3 is 2.19 bits per heavy atom. The van der Waals surface area contributed by atoms with E-state index in [0.717, 1.165) is 17.7 Å². The maximum atomic E-state index is 13.4. The van der Waals surface area contributed by atoms with E-state index in [9.17, 15) is 13.2 Å². The molecule has 2 aromatic carbocycles. The van der Waals surface area contributed by atoms with Gasteiger partial charge in [-0.05, 0) is 12.2 Å². The molecule has 0 radical (unpaired) electrons. The number of aromatic amines is 1. The molecule has 0 aliphatic rings. The largest absolute Gasteiger partial charge is 0.336 e. The Bertz CT molecular complexity index is 830. The fourth-order valence-electron chi connectivity index (χ4n) is 2.12. The summed E-state index contributed by atoms with van der Waals surface area (Å²) in [4.78, 5) is 2.83. The minimum Gasteiger partial charge on any atom is -0.336 e. The van der Waals surface area contributed by atoms with E-state index in [-0.39, 0.29) is 10.5 Å². The lowest BCUT2D eigenvalue weighted by Gasteiger charge is -2.09. The van der Waals surface area contributed by atoms with Gasteiger partial charge in [0.1, 0.15) is 0 Å². The lowest BCUT2D eigenvalue weighted by atomic mass is 10.1. The number of hydrogen-bond acceptors (Lipinski definition) is 1. The zero-order chi connectivity index (χ0) is 15.0. The van der Waals surface area contributed by atoms with Crippen LogP contribution in [-0.2, 0) is 0 Å². The Balaban J connectivity index is 2.25. The Hall–Kier alpha value is -2.34. The summed E-state index contributed by atoms with van der Waals surface area (Å²) in [6.07, 6.45) is 1.64. The smallest absolute Gasteiger partial charge is 0.194 e. The maximum absolute atomic E-state index is 13.4. The number of halogens is 3. The number of benzene rings is 2. The van der Waals surface area contributed by atoms with Gasteiger partial charge in [-0.25, -0.2) is 13.2 Å². The predicted molar refractivity (Wildman–Crippen MR) is 76.3 cm³/mol. The third-order valence-electron chi connectivity index (χ3n) is 3.07. The Labute approximate surface area is 123 Å². The summed E-state index contributed by atoms with van der Waals surface area (Å²) in [5.41, 5.74) is 1.57. The van der Waals surface area contributed by atoms with Crippen LogP contribution in [-0.4, -0.2) is 9.55 Å². The van der Waals surface area contributed by atoms with Crippen LogP contribution in [0.25, 0.3) is 16.9 Å². The highest BCUT2D eigenvalue weighted by Crippen LogP contribution is 2.25. The van der Waals surface area contributed by atoms with Crippen LogP contribution in [0, 0.1) is 22.2 Å². The summed E-state index contributed by atoms with van der Waals surface area (Å²) in [7, 11) is 0. The molecule has 0 saturated carbocycles. The highest BCUT2D eigenvalue weighted by Gasteiger charge is 2.15. The van der Waals surface area contributed by atoms with Crippen molar-refractivity contribution in [2.75, 3.05) is 0 Å². The topological polar surface area (TPSA) is 20.7 Å². The van der Waals surface area contributed by atoms with Crippen LogP contribution in [0.5, 0.6) is 0 Å². The molecule has 0 atom stereocenters. The van der Waals surface area contributed by atoms with Crippen molar-refractivity contribution in [2.45, 2.75) is 0 Å². The molecule has 3 rings (SSSR count). The van der Waals surface area contributed by atoms with Crippen LogP contribution in [0.1, 0.15) is 0 Å². The molecule has 21 heavy (non-hydrogen) atoms. The van der Waals surface area contributed by atoms with Crippen LogP contribution in [0.2, 0.25) is 0 Å². The van der Waals surface area contributed by atoms with Gasteiger partial charge in [0.2, 0.25) is 0 Å². The molecule has 0 fully saturated rings. The highest BCUT2D eigenvalue weighted by molar-refractivity contribution is 7.71. The van der Waals surface area contributed by atoms with Crippen molar-refractivity contribution in [3.63, 3.8) is 0 Å². The molecule has 106 valence electrons. The monoisotopic (exact) mass is 306 g/mol. The van der Waals surface area contributed by atoms with Gasteiger partial charge < -0.3 is 4.98 Å². The first-order valence-electron chi connectivity index (χ1n) is 6.08. The number of hydrogen-bond donors (Lipinski definition) is 1. The van der Waals surface area contributed by atoms with Crippen molar-refractivity contribution in [1.82, 2.24) is 9.55 Å². The van der Waals surface area contributed by atoms with Crippen molar-refractivity contribution >= 4 is 12.2 Å². The summed E-state index contributed by atoms with van der Waals surface area (Å²) in [5.74, 6) is -4.01. The average molecular weight is 306 g/mol. The first-order valence-corrected chi connectivity index (χ1v) is 6.49. The minimum atomic E-state index is -1.50. The number of nitrogens with zero attached hydrogens (tertiary/aromatic N) is 1. The summed E-state index contributed by atoms with van der Waals surface area (Å²) in [6.45, 7) is 0. The number of H-pyrrole nitrogens is 1. The van der Waals surface area contributed by atoms with Crippen molar-refractivity contribution < 1.29 is 13.2 Å². The van der Waals surface area contributed by atoms with Gasteiger partial charge in [-0.1, -0.05) is 30.3 Å². The van der Waals surface area contributed by atoms with E-state index in [1.807, 2.05) is 30.3 Å². The first kappa shape index (κ1) is 13.6. The van der Waals surface area contributed by atoms with Crippen LogP contribution in [0.3, 0.4) is 0 Å². The normalized spacial score (nSPS) is 10.8. The quantitative estimate of drug-likeness (QED) is 0.541. The zero-order valence-electron chi connectivity index (χ0n) is 10.6. The Morgan fingerprint density at radius 2 is 1.57 bits per heavy atom. The van der Waals surface area contributed by atoms with Crippen molar-refractivity contribution in [2.24, 2.45) is 0 Å². The zero-order valence-corrected chi connectivity index (χ0v) is 11.4. The number of aromatic nitrogens is 2. The lowest BCUT2D eigenvalue weighted by molar-refractivity contribution is 0.446. The van der Waals surface area contributed by atoms with Gasteiger partial charge in [-0.3, -0.25) is 4.57 Å². The third kappa shape index (κ3) is 2.38. The standard InChI is InChI=1S/C15H9F3N2S/c16-11-6-10(7-12(17)14(11)18)20-13(8-19-15(20)21)9-4-2-1-3-5-9/h1-8H,(H,19,21). The molecule has 1 N–H and O–H groups in total. The number of imidazole rings is 1. The molecule has 0 bridgehead atoms. The second-order valence-corrected chi connectivity index (χ2v) is 4.79. The van der Waals surface area contributed by atoms with Gasteiger partial charge in [0.15, 0.2) is 22.2 Å². The van der Waals surface area contributed by atoms with E-state index in [0.29, 0.717) is 5.69 Å². The lowest BCUT2D eigenvalue weighted by Crippen LogP contribution is -2.01. The van der Waals surface area contributed by atoms with E-state index in [1.165, 1.54) is 4.57 Å². The maximum Gasteiger partial charge on any atom is 0.194 e. The van der Waals surface area contributed by atoms with Crippen molar-refractivity contribution in [3.05, 3.63) is 70.9 Å². The third-order valence-corrected chi connectivity index (χ3v) is 3.37. The molecule has 0 amide bonds. The van der Waals surface area contributed by atoms with Gasteiger partial charge in [-0.2, -0.15) is 0 Å². The number of nitrogens with one attached hydrogen (secondary N) is 1.